The summed E-state index contributed by atoms with van der Waals surface area (Å²) in [5, 5.41) is 15.0. The summed E-state index contributed by atoms with van der Waals surface area (Å²) < 4.78 is 46.9. The van der Waals surface area contributed by atoms with Crippen LogP contribution < -0.4 is 5.32 Å². The van der Waals surface area contributed by atoms with Gasteiger partial charge in [0.25, 0.3) is 5.92 Å². The van der Waals surface area contributed by atoms with Crippen molar-refractivity contribution in [1.29, 1.82) is 0 Å². The number of halogens is 4. The Balaban J connectivity index is 0.000000449. The molecule has 2 N–H and O–H groups in total. The van der Waals surface area contributed by atoms with Gasteiger partial charge in [-0.15, -0.1) is 11.3 Å². The maximum absolute atomic E-state index is 14.8. The third-order valence-corrected chi connectivity index (χ3v) is 7.60. The predicted molar refractivity (Wildman–Crippen MR) is 143 cm³/mol. The molecule has 0 amide bonds. The van der Waals surface area contributed by atoms with E-state index in [2.05, 4.69) is 15.3 Å². The second-order valence-corrected chi connectivity index (χ2v) is 10.9. The number of thiazole rings is 1. The lowest BCUT2D eigenvalue weighted by molar-refractivity contribution is -0.139. The van der Waals surface area contributed by atoms with Gasteiger partial charge >= 0.3 is 11.9 Å². The van der Waals surface area contributed by atoms with Crippen molar-refractivity contribution in [3.05, 3.63) is 63.0 Å². The Morgan fingerprint density at radius 1 is 1.33 bits per heavy atom. The van der Waals surface area contributed by atoms with E-state index in [9.17, 15) is 22.8 Å². The summed E-state index contributed by atoms with van der Waals surface area (Å²) in [5.41, 5.74) is -0.729. The fourth-order valence-corrected chi connectivity index (χ4v) is 5.19. The van der Waals surface area contributed by atoms with E-state index in [4.69, 9.17) is 21.4 Å². The Labute approximate surface area is 233 Å². The van der Waals surface area contributed by atoms with Crippen molar-refractivity contribution < 1.29 is 32.6 Å². The fraction of sp³-hybridized carbons (Fsp3) is 0.462. The average molecular weight is 587 g/mol. The van der Waals surface area contributed by atoms with E-state index in [0.29, 0.717) is 21.6 Å². The van der Waals surface area contributed by atoms with Crippen LogP contribution in [0.1, 0.15) is 38.6 Å². The number of likely N-dealkylation sites (tertiary alicyclic amines) is 1. The molecule has 2 aliphatic rings. The molecule has 13 heteroatoms. The average Bonchev–Trinajstić information content (AvgIpc) is 3.44. The monoisotopic (exact) mass is 586 g/mol. The van der Waals surface area contributed by atoms with Crippen molar-refractivity contribution in [2.45, 2.75) is 45.6 Å². The minimum atomic E-state index is -3.01. The van der Waals surface area contributed by atoms with E-state index < -0.39 is 35.9 Å². The number of nitrogens with zero attached hydrogens (tertiary/aromatic N) is 3. The first-order valence-electron chi connectivity index (χ1n) is 12.2. The zero-order valence-corrected chi connectivity index (χ0v) is 23.3. The first-order chi connectivity index (χ1) is 18.4. The third-order valence-electron chi connectivity index (χ3n) is 6.58. The van der Waals surface area contributed by atoms with Gasteiger partial charge in [0.05, 0.1) is 25.3 Å². The number of aliphatic carboxylic acids is 1. The van der Waals surface area contributed by atoms with Gasteiger partial charge in [-0.1, -0.05) is 31.5 Å². The molecule has 0 saturated carbocycles. The molecule has 39 heavy (non-hydrogen) atoms. The maximum Gasteiger partial charge on any atom is 0.337 e. The number of esters is 1. The summed E-state index contributed by atoms with van der Waals surface area (Å²) >= 11 is 6.77. The fourth-order valence-electron chi connectivity index (χ4n) is 4.42. The number of rotatable bonds is 8. The molecule has 1 saturated heterocycles. The van der Waals surface area contributed by atoms with Gasteiger partial charge in [0.2, 0.25) is 0 Å². The van der Waals surface area contributed by atoms with E-state index in [1.807, 2.05) is 0 Å². The SMILES string of the molecule is CCOC(=O)C1=C(CN2CC(F)(F)C(C)(C)C2CCC(=O)O)NC(c2nccs2)=NC1.Fc1cccc(Cl)c1. The number of carboxylic acids is 1. The second kappa shape index (κ2) is 12.9. The molecule has 2 aromatic rings. The zero-order chi connectivity index (χ0) is 28.8. The molecule has 4 rings (SSSR count). The van der Waals surface area contributed by atoms with Crippen LogP contribution in [0.5, 0.6) is 0 Å². The predicted octanol–water partition coefficient (Wildman–Crippen LogP) is 5.00. The van der Waals surface area contributed by atoms with Gasteiger partial charge in [-0.05, 0) is 31.5 Å². The molecule has 1 fully saturated rings. The summed E-state index contributed by atoms with van der Waals surface area (Å²) in [5.74, 6) is -4.43. The van der Waals surface area contributed by atoms with Crippen LogP contribution in [0.4, 0.5) is 13.2 Å². The molecule has 2 aliphatic heterocycles. The van der Waals surface area contributed by atoms with E-state index in [0.717, 1.165) is 0 Å². The normalized spacial score (nSPS) is 20.0. The largest absolute Gasteiger partial charge is 0.481 e. The van der Waals surface area contributed by atoms with Gasteiger partial charge in [-0.3, -0.25) is 14.7 Å². The molecule has 0 aliphatic carbocycles. The van der Waals surface area contributed by atoms with Gasteiger partial charge in [0.15, 0.2) is 10.8 Å². The molecule has 0 bridgehead atoms. The smallest absolute Gasteiger partial charge is 0.337 e. The van der Waals surface area contributed by atoms with E-state index in [1.54, 1.807) is 35.5 Å². The molecule has 3 heterocycles. The van der Waals surface area contributed by atoms with Gasteiger partial charge in [-0.25, -0.2) is 22.9 Å². The minimum Gasteiger partial charge on any atom is -0.481 e. The lowest BCUT2D eigenvalue weighted by atomic mass is 9.80. The molecular formula is C26H30ClF3N4O4S. The Morgan fingerprint density at radius 2 is 2.08 bits per heavy atom. The molecular weight excluding hydrogens is 557 g/mol. The summed E-state index contributed by atoms with van der Waals surface area (Å²) in [7, 11) is 0. The molecule has 1 aromatic heterocycles. The van der Waals surface area contributed by atoms with Gasteiger partial charge in [0, 0.05) is 46.7 Å². The van der Waals surface area contributed by atoms with Gasteiger partial charge in [0.1, 0.15) is 5.82 Å². The number of nitrogens with one attached hydrogen (secondary N) is 1. The topological polar surface area (TPSA) is 104 Å². The summed E-state index contributed by atoms with van der Waals surface area (Å²) in [6, 6.07) is 5.13. The van der Waals surface area contributed by atoms with Crippen LogP contribution in [0.3, 0.4) is 0 Å². The number of carbonyl (C=O) groups is 2. The highest BCUT2D eigenvalue weighted by molar-refractivity contribution is 7.11. The van der Waals surface area contributed by atoms with Crippen LogP contribution in [0, 0.1) is 11.2 Å². The standard InChI is InChI=1S/C20H26F2N4O4S.C6H4ClF/c1-4-30-18(29)12-9-24-16(17-23-7-8-31-17)25-13(12)10-26-11-20(21,22)19(2,3)14(26)5-6-15(27)28;7-5-2-1-3-6(8)4-5/h7-8,14H,4-6,9-11H2,1-3H3,(H,24,25)(H,27,28);1-4H. The van der Waals surface area contributed by atoms with Crippen molar-refractivity contribution >= 4 is 40.7 Å². The molecule has 212 valence electrons. The Kier molecular flexibility index (Phi) is 10.1. The van der Waals surface area contributed by atoms with Crippen LogP contribution in [-0.2, 0) is 14.3 Å². The van der Waals surface area contributed by atoms with Crippen molar-refractivity contribution in [2.24, 2.45) is 10.4 Å². The molecule has 0 spiro atoms. The van der Waals surface area contributed by atoms with Gasteiger partial charge in [-0.2, -0.15) is 0 Å². The number of amidine groups is 1. The number of carbonyl (C=O) groups excluding carboxylic acids is 1. The third kappa shape index (κ3) is 7.58. The Hall–Kier alpha value is -2.96. The number of alkyl halides is 2. The van der Waals surface area contributed by atoms with E-state index >= 15 is 0 Å². The summed E-state index contributed by atoms with van der Waals surface area (Å²) in [6.45, 7) is 4.30. The quantitative estimate of drug-likeness (QED) is 0.420. The van der Waals surface area contributed by atoms with Crippen molar-refractivity contribution in [2.75, 3.05) is 26.2 Å². The molecule has 1 aromatic carbocycles. The van der Waals surface area contributed by atoms with E-state index in [1.165, 1.54) is 37.3 Å². The van der Waals surface area contributed by atoms with Crippen LogP contribution in [0.2, 0.25) is 5.02 Å². The number of hydrogen-bond donors (Lipinski definition) is 2. The highest BCUT2D eigenvalue weighted by Crippen LogP contribution is 2.49. The first kappa shape index (κ1) is 30.6. The Morgan fingerprint density at radius 3 is 2.64 bits per heavy atom. The molecule has 1 atom stereocenters. The van der Waals surface area contributed by atoms with Crippen molar-refractivity contribution in [1.82, 2.24) is 15.2 Å². The highest BCUT2D eigenvalue weighted by Gasteiger charge is 2.60. The molecule has 1 unspecified atom stereocenters. The Bertz CT molecular complexity index is 1220. The molecule has 8 nitrogen and oxygen atoms in total. The molecule has 0 radical (unpaired) electrons. The highest BCUT2D eigenvalue weighted by atomic mass is 35.5. The number of ether oxygens (including phenoxy) is 1. The maximum atomic E-state index is 14.8. The number of aromatic nitrogens is 1. The summed E-state index contributed by atoms with van der Waals surface area (Å²) in [4.78, 5) is 33.7. The van der Waals surface area contributed by atoms with Crippen LogP contribution in [-0.4, -0.2) is 71.0 Å². The summed E-state index contributed by atoms with van der Waals surface area (Å²) in [6.07, 6.45) is 1.48. The first-order valence-corrected chi connectivity index (χ1v) is 13.5. The van der Waals surface area contributed by atoms with Crippen LogP contribution in [0.15, 0.2) is 52.1 Å². The lowest BCUT2D eigenvalue weighted by Gasteiger charge is -2.34. The number of aliphatic imine (C=N–C) groups is 1. The minimum absolute atomic E-state index is 0.0157. The van der Waals surface area contributed by atoms with Crippen LogP contribution in [0.25, 0.3) is 0 Å². The number of hydrogen-bond acceptors (Lipinski definition) is 8. The zero-order valence-electron chi connectivity index (χ0n) is 21.7. The van der Waals surface area contributed by atoms with Crippen LogP contribution >= 0.6 is 22.9 Å². The van der Waals surface area contributed by atoms with E-state index in [-0.39, 0.29) is 43.9 Å². The lowest BCUT2D eigenvalue weighted by Crippen LogP contribution is -2.43. The van der Waals surface area contributed by atoms with Gasteiger partial charge < -0.3 is 15.2 Å². The van der Waals surface area contributed by atoms with Crippen molar-refractivity contribution in [3.8, 4) is 0 Å². The van der Waals surface area contributed by atoms with Crippen molar-refractivity contribution in [3.63, 3.8) is 0 Å². The number of carboxylic acid groups (broad SMARTS) is 1. The second-order valence-electron chi connectivity index (χ2n) is 9.52. The number of benzene rings is 1.